The van der Waals surface area contributed by atoms with E-state index >= 15 is 0 Å². The molecule has 13 heavy (non-hydrogen) atoms. The van der Waals surface area contributed by atoms with Crippen LogP contribution >= 0.6 is 0 Å². The molecule has 0 fully saturated rings. The first-order valence-corrected chi connectivity index (χ1v) is 6.81. The van der Waals surface area contributed by atoms with Crippen LogP contribution in [0, 0.1) is 6.04 Å². The molecule has 0 N–H and O–H groups in total. The summed E-state index contributed by atoms with van der Waals surface area (Å²) in [5.74, 6) is 0. The summed E-state index contributed by atoms with van der Waals surface area (Å²) in [7, 11) is -1.49. The van der Waals surface area contributed by atoms with Gasteiger partial charge >= 0.3 is 9.28 Å². The molecular formula is C10H23O2Si. The van der Waals surface area contributed by atoms with Gasteiger partial charge in [0.2, 0.25) is 0 Å². The van der Waals surface area contributed by atoms with Gasteiger partial charge in [0.1, 0.15) is 0 Å². The maximum Gasteiger partial charge on any atom is 0.325 e. The van der Waals surface area contributed by atoms with E-state index in [9.17, 15) is 0 Å². The fourth-order valence-corrected chi connectivity index (χ4v) is 2.95. The smallest absolute Gasteiger partial charge is 0.325 e. The Morgan fingerprint density at radius 2 is 1.54 bits per heavy atom. The molecule has 0 heterocycles. The predicted octanol–water partition coefficient (Wildman–Crippen LogP) is 2.60. The predicted molar refractivity (Wildman–Crippen MR) is 58.8 cm³/mol. The molecule has 0 aliphatic heterocycles. The molecule has 0 atom stereocenters. The van der Waals surface area contributed by atoms with E-state index in [1.807, 2.05) is 0 Å². The van der Waals surface area contributed by atoms with Crippen molar-refractivity contribution in [1.29, 1.82) is 0 Å². The lowest BCUT2D eigenvalue weighted by molar-refractivity contribution is 0.134. The molecule has 0 aromatic rings. The minimum atomic E-state index is -1.49. The van der Waals surface area contributed by atoms with E-state index in [1.165, 1.54) is 6.42 Å². The second kappa shape index (κ2) is 7.53. The van der Waals surface area contributed by atoms with Crippen LogP contribution in [0.5, 0.6) is 0 Å². The summed E-state index contributed by atoms with van der Waals surface area (Å²) in [6.45, 7) is 10.4. The Bertz CT molecular complexity index is 105. The largest absolute Gasteiger partial charge is 0.394 e. The standard InChI is InChI=1S/C10H23O2Si/c1-6-7-8-13(11-9(2)3)12-10(4)5/h8-10,13H,6-7H2,1-5H3. The zero-order valence-corrected chi connectivity index (χ0v) is 10.7. The first kappa shape index (κ1) is 13.1. The van der Waals surface area contributed by atoms with E-state index in [0.717, 1.165) is 6.42 Å². The lowest BCUT2D eigenvalue weighted by Crippen LogP contribution is -2.30. The normalized spacial score (nSPS) is 12.0. The molecule has 0 unspecified atom stereocenters. The van der Waals surface area contributed by atoms with Gasteiger partial charge < -0.3 is 8.85 Å². The van der Waals surface area contributed by atoms with Crippen LogP contribution in [-0.4, -0.2) is 21.5 Å². The molecule has 0 spiro atoms. The van der Waals surface area contributed by atoms with Crippen molar-refractivity contribution in [1.82, 2.24) is 0 Å². The molecule has 0 aromatic carbocycles. The van der Waals surface area contributed by atoms with Gasteiger partial charge in [-0.25, -0.2) is 0 Å². The van der Waals surface area contributed by atoms with Gasteiger partial charge in [0.25, 0.3) is 0 Å². The summed E-state index contributed by atoms with van der Waals surface area (Å²) in [6.07, 6.45) is 2.84. The highest BCUT2D eigenvalue weighted by Crippen LogP contribution is 2.06. The highest BCUT2D eigenvalue weighted by molar-refractivity contribution is 6.48. The molecule has 0 saturated heterocycles. The van der Waals surface area contributed by atoms with Gasteiger partial charge in [0.15, 0.2) is 0 Å². The minimum absolute atomic E-state index is 0.281. The van der Waals surface area contributed by atoms with Gasteiger partial charge in [-0.15, -0.1) is 0 Å². The van der Waals surface area contributed by atoms with E-state index in [4.69, 9.17) is 8.85 Å². The molecular weight excluding hydrogens is 180 g/mol. The quantitative estimate of drug-likeness (QED) is 0.592. The molecule has 0 amide bonds. The van der Waals surface area contributed by atoms with Crippen molar-refractivity contribution in [3.8, 4) is 0 Å². The fourth-order valence-electron chi connectivity index (χ4n) is 0.982. The van der Waals surface area contributed by atoms with Crippen LogP contribution in [0.3, 0.4) is 0 Å². The van der Waals surface area contributed by atoms with E-state index in [1.54, 1.807) is 0 Å². The Hall–Kier alpha value is 0.137. The third kappa shape index (κ3) is 8.47. The van der Waals surface area contributed by atoms with Gasteiger partial charge in [0, 0.05) is 18.3 Å². The van der Waals surface area contributed by atoms with E-state index < -0.39 is 9.28 Å². The monoisotopic (exact) mass is 203 g/mol. The highest BCUT2D eigenvalue weighted by Gasteiger charge is 2.16. The first-order valence-electron chi connectivity index (χ1n) is 5.20. The maximum absolute atomic E-state index is 5.72. The Kier molecular flexibility index (Phi) is 7.61. The fraction of sp³-hybridized carbons (Fsp3) is 0.900. The summed E-state index contributed by atoms with van der Waals surface area (Å²) >= 11 is 0. The Balaban J connectivity index is 3.73. The van der Waals surface area contributed by atoms with Crippen LogP contribution in [0.25, 0.3) is 0 Å². The van der Waals surface area contributed by atoms with Gasteiger partial charge in [-0.05, 0) is 34.1 Å². The molecule has 79 valence electrons. The van der Waals surface area contributed by atoms with Gasteiger partial charge in [-0.3, -0.25) is 0 Å². The summed E-state index contributed by atoms with van der Waals surface area (Å²) in [5.41, 5.74) is 0. The van der Waals surface area contributed by atoms with Crippen LogP contribution in [-0.2, 0) is 8.85 Å². The second-order valence-electron chi connectivity index (χ2n) is 3.76. The van der Waals surface area contributed by atoms with Crippen molar-refractivity contribution in [2.75, 3.05) is 0 Å². The minimum Gasteiger partial charge on any atom is -0.394 e. The lowest BCUT2D eigenvalue weighted by Gasteiger charge is -2.20. The molecule has 0 bridgehead atoms. The SMILES string of the molecule is CCC[CH][SiH](OC(C)C)OC(C)C. The molecule has 0 aliphatic rings. The van der Waals surface area contributed by atoms with Crippen molar-refractivity contribution in [2.24, 2.45) is 0 Å². The average Bonchev–Trinajstić information content (AvgIpc) is 1.98. The summed E-state index contributed by atoms with van der Waals surface area (Å²) in [4.78, 5) is 0. The topological polar surface area (TPSA) is 18.5 Å². The van der Waals surface area contributed by atoms with E-state index in [0.29, 0.717) is 0 Å². The zero-order valence-electron chi connectivity index (χ0n) is 9.54. The Morgan fingerprint density at radius 1 is 1.08 bits per heavy atom. The molecule has 1 radical (unpaired) electrons. The molecule has 3 heteroatoms. The Labute approximate surface area is 84.5 Å². The zero-order chi connectivity index (χ0) is 10.3. The van der Waals surface area contributed by atoms with Crippen LogP contribution < -0.4 is 0 Å². The number of unbranched alkanes of at least 4 members (excludes halogenated alkanes) is 1. The average molecular weight is 203 g/mol. The molecule has 0 aliphatic carbocycles. The van der Waals surface area contributed by atoms with Crippen LogP contribution in [0.2, 0.25) is 0 Å². The van der Waals surface area contributed by atoms with Gasteiger partial charge in [0.05, 0.1) is 0 Å². The third-order valence-corrected chi connectivity index (χ3v) is 3.80. The van der Waals surface area contributed by atoms with Crippen LogP contribution in [0.4, 0.5) is 0 Å². The highest BCUT2D eigenvalue weighted by atomic mass is 28.3. The van der Waals surface area contributed by atoms with Gasteiger partial charge in [-0.1, -0.05) is 13.3 Å². The molecule has 0 aromatic heterocycles. The first-order chi connectivity index (χ1) is 6.06. The number of hydrogen-bond donors (Lipinski definition) is 0. The van der Waals surface area contributed by atoms with Crippen molar-refractivity contribution in [3.63, 3.8) is 0 Å². The van der Waals surface area contributed by atoms with Crippen LogP contribution in [0.1, 0.15) is 47.5 Å². The lowest BCUT2D eigenvalue weighted by atomic mass is 10.4. The second-order valence-corrected chi connectivity index (χ2v) is 5.51. The van der Waals surface area contributed by atoms with Crippen molar-refractivity contribution in [3.05, 3.63) is 6.04 Å². The van der Waals surface area contributed by atoms with Crippen LogP contribution in [0.15, 0.2) is 0 Å². The van der Waals surface area contributed by atoms with E-state index in [2.05, 4.69) is 40.7 Å². The maximum atomic E-state index is 5.72. The summed E-state index contributed by atoms with van der Waals surface area (Å²) in [5, 5.41) is 0. The Morgan fingerprint density at radius 3 is 1.85 bits per heavy atom. The van der Waals surface area contributed by atoms with Crippen molar-refractivity contribution in [2.45, 2.75) is 59.7 Å². The molecule has 0 rings (SSSR count). The number of rotatable bonds is 7. The summed E-state index contributed by atoms with van der Waals surface area (Å²) in [6, 6.07) is 2.24. The molecule has 0 saturated carbocycles. The summed E-state index contributed by atoms with van der Waals surface area (Å²) < 4.78 is 11.4. The molecule has 2 nitrogen and oxygen atoms in total. The van der Waals surface area contributed by atoms with Gasteiger partial charge in [-0.2, -0.15) is 0 Å². The van der Waals surface area contributed by atoms with Crippen molar-refractivity contribution < 1.29 is 8.85 Å². The number of hydrogen-bond acceptors (Lipinski definition) is 2. The van der Waals surface area contributed by atoms with Crippen molar-refractivity contribution >= 4 is 9.28 Å². The third-order valence-electron chi connectivity index (χ3n) is 1.46. The van der Waals surface area contributed by atoms with E-state index in [-0.39, 0.29) is 12.2 Å².